The SMILES string of the molecule is C=C/C=C(C=C)\C(=C/C)c1ccccc1. The second-order valence-electron chi connectivity index (χ2n) is 3.13. The molecule has 0 heteroatoms. The second kappa shape index (κ2) is 5.82. The quantitative estimate of drug-likeness (QED) is 0.626. The van der Waals surface area contributed by atoms with E-state index in [1.54, 1.807) is 6.08 Å². The van der Waals surface area contributed by atoms with Crippen LogP contribution < -0.4 is 0 Å². The van der Waals surface area contributed by atoms with Crippen molar-refractivity contribution in [2.75, 3.05) is 0 Å². The summed E-state index contributed by atoms with van der Waals surface area (Å²) in [6.07, 6.45) is 7.69. The topological polar surface area (TPSA) is 0 Å². The second-order valence-corrected chi connectivity index (χ2v) is 3.13. The first-order valence-electron chi connectivity index (χ1n) is 5.00. The molecule has 0 spiro atoms. The van der Waals surface area contributed by atoms with Crippen LogP contribution in [-0.2, 0) is 0 Å². The van der Waals surface area contributed by atoms with Crippen molar-refractivity contribution < 1.29 is 0 Å². The van der Waals surface area contributed by atoms with Crippen LogP contribution in [0, 0.1) is 0 Å². The summed E-state index contributed by atoms with van der Waals surface area (Å²) in [7, 11) is 0. The average molecular weight is 196 g/mol. The van der Waals surface area contributed by atoms with Crippen LogP contribution in [0.4, 0.5) is 0 Å². The highest BCUT2D eigenvalue weighted by Crippen LogP contribution is 2.23. The average Bonchev–Trinajstić information content (AvgIpc) is 2.30. The van der Waals surface area contributed by atoms with E-state index in [9.17, 15) is 0 Å². The molecule has 15 heavy (non-hydrogen) atoms. The van der Waals surface area contributed by atoms with Crippen LogP contribution in [0.1, 0.15) is 12.5 Å². The summed E-state index contributed by atoms with van der Waals surface area (Å²) in [5.41, 5.74) is 3.48. The molecular weight excluding hydrogens is 180 g/mol. The Bertz CT molecular complexity index is 391. The molecule has 0 bridgehead atoms. The minimum absolute atomic E-state index is 1.10. The van der Waals surface area contributed by atoms with E-state index in [1.807, 2.05) is 37.3 Å². The van der Waals surface area contributed by atoms with Gasteiger partial charge in [0, 0.05) is 0 Å². The van der Waals surface area contributed by atoms with Gasteiger partial charge in [0.2, 0.25) is 0 Å². The van der Waals surface area contributed by atoms with Gasteiger partial charge in [-0.25, -0.2) is 0 Å². The lowest BCUT2D eigenvalue weighted by Crippen LogP contribution is -1.86. The highest BCUT2D eigenvalue weighted by atomic mass is 14.1. The first-order valence-corrected chi connectivity index (χ1v) is 5.00. The fourth-order valence-corrected chi connectivity index (χ4v) is 1.51. The lowest BCUT2D eigenvalue weighted by atomic mass is 9.97. The summed E-state index contributed by atoms with van der Waals surface area (Å²) < 4.78 is 0. The molecule has 0 saturated carbocycles. The Morgan fingerprint density at radius 2 is 1.80 bits per heavy atom. The summed E-state index contributed by atoms with van der Waals surface area (Å²) in [4.78, 5) is 0. The molecule has 0 atom stereocenters. The van der Waals surface area contributed by atoms with Crippen molar-refractivity contribution in [3.8, 4) is 0 Å². The van der Waals surface area contributed by atoms with Crippen molar-refractivity contribution in [1.82, 2.24) is 0 Å². The van der Waals surface area contributed by atoms with Crippen molar-refractivity contribution in [3.05, 3.63) is 78.9 Å². The fourth-order valence-electron chi connectivity index (χ4n) is 1.51. The van der Waals surface area contributed by atoms with Gasteiger partial charge in [-0.2, -0.15) is 0 Å². The number of hydrogen-bond donors (Lipinski definition) is 0. The Kier molecular flexibility index (Phi) is 4.36. The molecule has 0 aliphatic carbocycles. The zero-order valence-electron chi connectivity index (χ0n) is 9.11. The minimum Gasteiger partial charge on any atom is -0.0990 e. The maximum absolute atomic E-state index is 3.82. The molecule has 0 aromatic heterocycles. The normalized spacial score (nSPS) is 12.3. The number of allylic oxidation sites excluding steroid dienone is 6. The molecule has 76 valence electrons. The first kappa shape index (κ1) is 11.3. The Balaban J connectivity index is 3.16. The van der Waals surface area contributed by atoms with Gasteiger partial charge >= 0.3 is 0 Å². The largest absolute Gasteiger partial charge is 0.0990 e. The van der Waals surface area contributed by atoms with Crippen LogP contribution in [0.25, 0.3) is 5.57 Å². The Morgan fingerprint density at radius 3 is 2.27 bits per heavy atom. The summed E-state index contributed by atoms with van der Waals surface area (Å²) in [5, 5.41) is 0. The van der Waals surface area contributed by atoms with Gasteiger partial charge in [0.1, 0.15) is 0 Å². The zero-order chi connectivity index (χ0) is 11.1. The van der Waals surface area contributed by atoms with E-state index < -0.39 is 0 Å². The van der Waals surface area contributed by atoms with Crippen molar-refractivity contribution in [2.24, 2.45) is 0 Å². The van der Waals surface area contributed by atoms with Crippen LogP contribution in [-0.4, -0.2) is 0 Å². The van der Waals surface area contributed by atoms with Crippen LogP contribution in [0.3, 0.4) is 0 Å². The molecule has 0 aliphatic rings. The zero-order valence-corrected chi connectivity index (χ0v) is 9.11. The molecule has 0 saturated heterocycles. The van der Waals surface area contributed by atoms with Crippen LogP contribution in [0.2, 0.25) is 0 Å². The maximum Gasteiger partial charge on any atom is -0.0154 e. The third-order valence-corrected chi connectivity index (χ3v) is 2.20. The van der Waals surface area contributed by atoms with E-state index in [0.717, 1.165) is 5.57 Å². The lowest BCUT2D eigenvalue weighted by molar-refractivity contribution is 1.55. The predicted octanol–water partition coefficient (Wildman–Crippen LogP) is 4.39. The van der Waals surface area contributed by atoms with E-state index in [4.69, 9.17) is 0 Å². The number of rotatable bonds is 4. The van der Waals surface area contributed by atoms with E-state index in [0.29, 0.717) is 0 Å². The summed E-state index contributed by atoms with van der Waals surface area (Å²) in [6, 6.07) is 10.3. The van der Waals surface area contributed by atoms with Gasteiger partial charge in [0.15, 0.2) is 0 Å². The molecule has 0 aliphatic heterocycles. The van der Waals surface area contributed by atoms with E-state index in [-0.39, 0.29) is 0 Å². The Morgan fingerprint density at radius 1 is 1.13 bits per heavy atom. The third-order valence-electron chi connectivity index (χ3n) is 2.20. The highest BCUT2D eigenvalue weighted by molar-refractivity contribution is 5.81. The van der Waals surface area contributed by atoms with E-state index in [1.165, 1.54) is 11.1 Å². The van der Waals surface area contributed by atoms with Crippen molar-refractivity contribution >= 4 is 5.57 Å². The molecule has 0 amide bonds. The first-order chi connectivity index (χ1) is 7.33. The summed E-state index contributed by atoms with van der Waals surface area (Å²) in [6.45, 7) is 9.56. The predicted molar refractivity (Wildman–Crippen MR) is 68.6 cm³/mol. The Labute approximate surface area is 92.0 Å². The molecule has 0 N–H and O–H groups in total. The minimum atomic E-state index is 1.10. The van der Waals surface area contributed by atoms with Gasteiger partial charge in [0.25, 0.3) is 0 Å². The highest BCUT2D eigenvalue weighted by Gasteiger charge is 2.01. The van der Waals surface area contributed by atoms with Gasteiger partial charge in [0.05, 0.1) is 0 Å². The summed E-state index contributed by atoms with van der Waals surface area (Å²) in [5.74, 6) is 0. The summed E-state index contributed by atoms with van der Waals surface area (Å²) >= 11 is 0. The molecule has 0 unspecified atom stereocenters. The van der Waals surface area contributed by atoms with Crippen molar-refractivity contribution in [3.63, 3.8) is 0 Å². The molecule has 0 radical (unpaired) electrons. The smallest absolute Gasteiger partial charge is 0.0154 e. The molecule has 1 aromatic rings. The molecular formula is C15H16. The van der Waals surface area contributed by atoms with Gasteiger partial charge in [-0.05, 0) is 23.6 Å². The molecule has 1 aromatic carbocycles. The molecule has 0 nitrogen and oxygen atoms in total. The molecule has 0 heterocycles. The molecule has 0 fully saturated rings. The standard InChI is InChI=1S/C15H16/c1-4-10-13(5-2)15(6-3)14-11-8-7-9-12-14/h4-12H,1-2H2,3H3/b13-10-,15-6+. The third kappa shape index (κ3) is 2.81. The van der Waals surface area contributed by atoms with Crippen LogP contribution in [0.15, 0.2) is 73.4 Å². The maximum atomic E-state index is 3.82. The van der Waals surface area contributed by atoms with Crippen LogP contribution >= 0.6 is 0 Å². The molecule has 1 rings (SSSR count). The lowest BCUT2D eigenvalue weighted by Gasteiger charge is -2.07. The van der Waals surface area contributed by atoms with Crippen LogP contribution in [0.5, 0.6) is 0 Å². The van der Waals surface area contributed by atoms with Gasteiger partial charge < -0.3 is 0 Å². The van der Waals surface area contributed by atoms with Crippen molar-refractivity contribution in [2.45, 2.75) is 6.92 Å². The van der Waals surface area contributed by atoms with E-state index >= 15 is 0 Å². The number of hydrogen-bond acceptors (Lipinski definition) is 0. The fraction of sp³-hybridized carbons (Fsp3) is 0.0667. The van der Waals surface area contributed by atoms with Gasteiger partial charge in [-0.15, -0.1) is 0 Å². The van der Waals surface area contributed by atoms with Gasteiger partial charge in [-0.3, -0.25) is 0 Å². The monoisotopic (exact) mass is 196 g/mol. The van der Waals surface area contributed by atoms with Crippen molar-refractivity contribution in [1.29, 1.82) is 0 Å². The van der Waals surface area contributed by atoms with Gasteiger partial charge in [-0.1, -0.05) is 67.8 Å². The Hall–Kier alpha value is -1.82. The number of benzene rings is 1. The van der Waals surface area contributed by atoms with E-state index in [2.05, 4.69) is 31.4 Å².